The van der Waals surface area contributed by atoms with E-state index in [1.165, 1.54) is 0 Å². The second-order valence-corrected chi connectivity index (χ2v) is 9.54. The van der Waals surface area contributed by atoms with Gasteiger partial charge < -0.3 is 20.5 Å². The number of fused-ring (bicyclic) bond motifs is 3. The number of nitrogens with one attached hydrogen (secondary N) is 2. The molecule has 35 heavy (non-hydrogen) atoms. The zero-order valence-electron chi connectivity index (χ0n) is 20.2. The average Bonchev–Trinajstić information content (AvgIpc) is 3.19. The van der Waals surface area contributed by atoms with Gasteiger partial charge in [-0.3, -0.25) is 9.59 Å². The fraction of sp³-hybridized carbons (Fsp3) is 0.464. The Bertz CT molecular complexity index is 1020. The van der Waals surface area contributed by atoms with Gasteiger partial charge in [0.1, 0.15) is 12.6 Å². The Morgan fingerprint density at radius 3 is 2.11 bits per heavy atom. The van der Waals surface area contributed by atoms with Gasteiger partial charge in [-0.15, -0.1) is 0 Å². The summed E-state index contributed by atoms with van der Waals surface area (Å²) in [4.78, 5) is 37.0. The normalized spacial score (nSPS) is 17.1. The quantitative estimate of drug-likeness (QED) is 0.478. The first kappa shape index (κ1) is 24.8. The first-order valence-corrected chi connectivity index (χ1v) is 12.6. The zero-order chi connectivity index (χ0) is 24.8. The van der Waals surface area contributed by atoms with Crippen LogP contribution in [0.25, 0.3) is 11.1 Å². The SMILES string of the molecule is CC[C@H](NC(=O)OCC1c2ccccc2-c2ccccc21)C(=O)NC(CC(=O)O)C1CCCCC1. The number of hydrogen-bond donors (Lipinski definition) is 3. The fourth-order valence-corrected chi connectivity index (χ4v) is 5.48. The summed E-state index contributed by atoms with van der Waals surface area (Å²) in [7, 11) is 0. The second kappa shape index (κ2) is 11.4. The molecule has 2 aromatic rings. The van der Waals surface area contributed by atoms with Gasteiger partial charge in [-0.1, -0.05) is 74.7 Å². The maximum Gasteiger partial charge on any atom is 0.407 e. The monoisotopic (exact) mass is 478 g/mol. The highest BCUT2D eigenvalue weighted by Crippen LogP contribution is 2.44. The van der Waals surface area contributed by atoms with E-state index >= 15 is 0 Å². The number of aliphatic carboxylic acids is 1. The summed E-state index contributed by atoms with van der Waals surface area (Å²) in [5.74, 6) is -1.21. The maximum absolute atomic E-state index is 13.0. The number of carbonyl (C=O) groups is 3. The Morgan fingerprint density at radius 1 is 0.943 bits per heavy atom. The van der Waals surface area contributed by atoms with Crippen molar-refractivity contribution in [1.29, 1.82) is 0 Å². The van der Waals surface area contributed by atoms with Gasteiger partial charge in [0.15, 0.2) is 0 Å². The van der Waals surface area contributed by atoms with Gasteiger partial charge >= 0.3 is 12.1 Å². The summed E-state index contributed by atoms with van der Waals surface area (Å²) in [5, 5.41) is 14.9. The first-order valence-electron chi connectivity index (χ1n) is 12.6. The van der Waals surface area contributed by atoms with Crippen molar-refractivity contribution in [1.82, 2.24) is 10.6 Å². The van der Waals surface area contributed by atoms with Crippen molar-refractivity contribution >= 4 is 18.0 Å². The highest BCUT2D eigenvalue weighted by Gasteiger charge is 2.31. The van der Waals surface area contributed by atoms with Crippen LogP contribution in [0.3, 0.4) is 0 Å². The smallest absolute Gasteiger partial charge is 0.407 e. The van der Waals surface area contributed by atoms with Crippen LogP contribution in [-0.2, 0) is 14.3 Å². The molecule has 0 radical (unpaired) electrons. The molecule has 0 heterocycles. The van der Waals surface area contributed by atoms with E-state index in [0.29, 0.717) is 6.42 Å². The van der Waals surface area contributed by atoms with E-state index in [9.17, 15) is 19.5 Å². The Hall–Kier alpha value is -3.35. The summed E-state index contributed by atoms with van der Waals surface area (Å²) in [6, 6.07) is 15.0. The molecule has 0 spiro atoms. The van der Waals surface area contributed by atoms with E-state index in [-0.39, 0.29) is 30.8 Å². The number of hydrogen-bond acceptors (Lipinski definition) is 4. The number of amides is 2. The van der Waals surface area contributed by atoms with Gasteiger partial charge in [0, 0.05) is 12.0 Å². The van der Waals surface area contributed by atoms with Crippen molar-refractivity contribution in [3.63, 3.8) is 0 Å². The molecule has 0 aliphatic heterocycles. The van der Waals surface area contributed by atoms with Crippen molar-refractivity contribution in [3.05, 3.63) is 59.7 Å². The second-order valence-electron chi connectivity index (χ2n) is 9.54. The number of benzene rings is 2. The maximum atomic E-state index is 13.0. The molecule has 2 atom stereocenters. The molecule has 2 aromatic carbocycles. The molecule has 186 valence electrons. The van der Waals surface area contributed by atoms with Crippen molar-refractivity contribution in [2.45, 2.75) is 69.9 Å². The number of rotatable bonds is 9. The van der Waals surface area contributed by atoms with Crippen LogP contribution in [0.5, 0.6) is 0 Å². The molecule has 2 amide bonds. The molecule has 3 N–H and O–H groups in total. The number of ether oxygens (including phenoxy) is 1. The molecule has 1 unspecified atom stereocenters. The standard InChI is InChI=1S/C28H34N2O5/c1-2-24(27(33)29-25(16-26(31)32)18-10-4-3-5-11-18)30-28(34)35-17-23-21-14-8-6-12-19(21)20-13-7-9-15-22(20)23/h6-9,12-15,18,23-25H,2-5,10-11,16-17H2,1H3,(H,29,33)(H,30,34)(H,31,32)/t24-,25?/m0/s1. The van der Waals surface area contributed by atoms with E-state index in [0.717, 1.165) is 54.4 Å². The van der Waals surface area contributed by atoms with Crippen molar-refractivity contribution in [3.8, 4) is 11.1 Å². The van der Waals surface area contributed by atoms with Crippen LogP contribution in [0.1, 0.15) is 68.9 Å². The summed E-state index contributed by atoms with van der Waals surface area (Å²) >= 11 is 0. The lowest BCUT2D eigenvalue weighted by molar-refractivity contribution is -0.138. The summed E-state index contributed by atoms with van der Waals surface area (Å²) in [5.41, 5.74) is 4.54. The Balaban J connectivity index is 1.36. The lowest BCUT2D eigenvalue weighted by Crippen LogP contribution is -2.52. The van der Waals surface area contributed by atoms with E-state index < -0.39 is 24.1 Å². The van der Waals surface area contributed by atoms with E-state index in [1.807, 2.05) is 24.3 Å². The van der Waals surface area contributed by atoms with E-state index in [4.69, 9.17) is 4.74 Å². The third kappa shape index (κ3) is 5.84. The van der Waals surface area contributed by atoms with Crippen molar-refractivity contribution in [2.24, 2.45) is 5.92 Å². The minimum atomic E-state index is -0.932. The predicted molar refractivity (Wildman–Crippen MR) is 133 cm³/mol. The average molecular weight is 479 g/mol. The van der Waals surface area contributed by atoms with Crippen LogP contribution in [0.4, 0.5) is 4.79 Å². The number of carboxylic acids is 1. The number of carboxylic acid groups (broad SMARTS) is 1. The molecule has 1 saturated carbocycles. The van der Waals surface area contributed by atoms with E-state index in [2.05, 4.69) is 34.9 Å². The highest BCUT2D eigenvalue weighted by molar-refractivity contribution is 5.86. The van der Waals surface area contributed by atoms with Crippen LogP contribution < -0.4 is 10.6 Å². The molecule has 0 bridgehead atoms. The topological polar surface area (TPSA) is 105 Å². The van der Waals surface area contributed by atoms with Gasteiger partial charge in [0.2, 0.25) is 5.91 Å². The Morgan fingerprint density at radius 2 is 1.54 bits per heavy atom. The summed E-state index contributed by atoms with van der Waals surface area (Å²) in [6.07, 6.45) is 4.67. The third-order valence-corrected chi connectivity index (χ3v) is 7.30. The van der Waals surface area contributed by atoms with Crippen molar-refractivity contribution < 1.29 is 24.2 Å². The summed E-state index contributed by atoms with van der Waals surface area (Å²) in [6.45, 7) is 1.97. The fourth-order valence-electron chi connectivity index (χ4n) is 5.48. The van der Waals surface area contributed by atoms with Gasteiger partial charge in [0.25, 0.3) is 0 Å². The highest BCUT2D eigenvalue weighted by atomic mass is 16.5. The largest absolute Gasteiger partial charge is 0.481 e. The molecule has 4 rings (SSSR count). The minimum absolute atomic E-state index is 0.0618. The van der Waals surface area contributed by atoms with Gasteiger partial charge in [0.05, 0.1) is 6.42 Å². The zero-order valence-corrected chi connectivity index (χ0v) is 20.2. The molecule has 2 aliphatic rings. The van der Waals surface area contributed by atoms with Crippen LogP contribution >= 0.6 is 0 Å². The molecular formula is C28H34N2O5. The molecule has 1 fully saturated rings. The Labute approximate surface area is 206 Å². The molecule has 7 heteroatoms. The molecule has 7 nitrogen and oxygen atoms in total. The van der Waals surface area contributed by atoms with Gasteiger partial charge in [-0.05, 0) is 47.4 Å². The molecule has 2 aliphatic carbocycles. The van der Waals surface area contributed by atoms with Crippen molar-refractivity contribution in [2.75, 3.05) is 6.61 Å². The molecule has 0 saturated heterocycles. The Kier molecular flexibility index (Phi) is 8.06. The molecular weight excluding hydrogens is 444 g/mol. The number of carbonyl (C=O) groups excluding carboxylic acids is 2. The summed E-state index contributed by atoms with van der Waals surface area (Å²) < 4.78 is 5.58. The van der Waals surface area contributed by atoms with Gasteiger partial charge in [-0.25, -0.2) is 4.79 Å². The van der Waals surface area contributed by atoms with Crippen LogP contribution in [0, 0.1) is 5.92 Å². The van der Waals surface area contributed by atoms with Crippen LogP contribution in [0.15, 0.2) is 48.5 Å². The minimum Gasteiger partial charge on any atom is -0.481 e. The molecule has 0 aromatic heterocycles. The first-order chi connectivity index (χ1) is 17.0. The lowest BCUT2D eigenvalue weighted by Gasteiger charge is -2.31. The third-order valence-electron chi connectivity index (χ3n) is 7.30. The van der Waals surface area contributed by atoms with Crippen LogP contribution in [0.2, 0.25) is 0 Å². The number of alkyl carbamates (subject to hydrolysis) is 1. The lowest BCUT2D eigenvalue weighted by atomic mass is 9.82. The van der Waals surface area contributed by atoms with Gasteiger partial charge in [-0.2, -0.15) is 0 Å². The van der Waals surface area contributed by atoms with Crippen LogP contribution in [-0.4, -0.2) is 41.8 Å². The van der Waals surface area contributed by atoms with E-state index in [1.54, 1.807) is 6.92 Å². The predicted octanol–water partition coefficient (Wildman–Crippen LogP) is 4.84.